The van der Waals surface area contributed by atoms with Crippen LogP contribution >= 0.6 is 0 Å². The number of nitrogens with zero attached hydrogens (tertiary/aromatic N) is 2. The number of hydrogen-bond donors (Lipinski definition) is 1. The smallest absolute Gasteiger partial charge is 0.223 e. The van der Waals surface area contributed by atoms with Crippen LogP contribution in [0, 0.1) is 0 Å². The maximum absolute atomic E-state index is 4.32. The Balaban J connectivity index is 1.93. The molecule has 3 nitrogen and oxygen atoms in total. The summed E-state index contributed by atoms with van der Waals surface area (Å²) in [5.41, 5.74) is 1.35. The second kappa shape index (κ2) is 5.39. The molecule has 1 aromatic heterocycles. The summed E-state index contributed by atoms with van der Waals surface area (Å²) in [4.78, 5) is 8.64. The fourth-order valence-electron chi connectivity index (χ4n) is 2.98. The highest BCUT2D eigenvalue weighted by atomic mass is 15.1. The van der Waals surface area contributed by atoms with E-state index in [2.05, 4.69) is 45.6 Å². The lowest BCUT2D eigenvalue weighted by Gasteiger charge is -2.38. The van der Waals surface area contributed by atoms with Crippen molar-refractivity contribution < 1.29 is 0 Å². The third-order valence-corrected chi connectivity index (χ3v) is 3.95. The summed E-state index contributed by atoms with van der Waals surface area (Å²) in [6.07, 6.45) is 9.72. The van der Waals surface area contributed by atoms with Crippen LogP contribution in [0.5, 0.6) is 0 Å². The highest BCUT2D eigenvalue weighted by Crippen LogP contribution is 2.39. The molecule has 0 aliphatic heterocycles. The third kappa shape index (κ3) is 2.60. The highest BCUT2D eigenvalue weighted by molar-refractivity contribution is 5.37. The average molecular weight is 253 g/mol. The fraction of sp³-hybridized carbons (Fsp3) is 0.375. The summed E-state index contributed by atoms with van der Waals surface area (Å²) in [5, 5.41) is 3.59. The molecule has 3 rings (SSSR count). The van der Waals surface area contributed by atoms with Crippen molar-refractivity contribution in [3.05, 3.63) is 54.4 Å². The summed E-state index contributed by atoms with van der Waals surface area (Å²) < 4.78 is 0. The molecule has 1 saturated carbocycles. The highest BCUT2D eigenvalue weighted by Gasteiger charge is 2.34. The second-order valence-electron chi connectivity index (χ2n) is 5.21. The van der Waals surface area contributed by atoms with Crippen molar-refractivity contribution in [3.8, 4) is 0 Å². The first-order valence-electron chi connectivity index (χ1n) is 7.00. The Bertz CT molecular complexity index is 504. The van der Waals surface area contributed by atoms with Gasteiger partial charge in [-0.3, -0.25) is 0 Å². The van der Waals surface area contributed by atoms with Crippen molar-refractivity contribution >= 4 is 5.95 Å². The second-order valence-corrected chi connectivity index (χ2v) is 5.21. The Morgan fingerprint density at radius 2 is 1.53 bits per heavy atom. The SMILES string of the molecule is c1ccc(C2(Nc3ncccn3)CCCCC2)cc1. The van der Waals surface area contributed by atoms with Crippen LogP contribution in [0.1, 0.15) is 37.7 Å². The van der Waals surface area contributed by atoms with Crippen LogP contribution in [0.3, 0.4) is 0 Å². The zero-order valence-corrected chi connectivity index (χ0v) is 11.0. The minimum absolute atomic E-state index is 0.000856. The standard InChI is InChI=1S/C16H19N3/c1-3-8-14(9-4-1)16(10-5-2-6-11-16)19-15-17-12-7-13-18-15/h1,3-4,7-9,12-13H,2,5-6,10-11H2,(H,17,18,19). The number of aromatic nitrogens is 2. The summed E-state index contributed by atoms with van der Waals surface area (Å²) >= 11 is 0. The molecule has 1 aromatic carbocycles. The Morgan fingerprint density at radius 1 is 0.842 bits per heavy atom. The molecule has 0 bridgehead atoms. The molecule has 1 heterocycles. The molecule has 0 spiro atoms. The monoisotopic (exact) mass is 253 g/mol. The topological polar surface area (TPSA) is 37.8 Å². The predicted molar refractivity (Wildman–Crippen MR) is 76.9 cm³/mol. The number of nitrogens with one attached hydrogen (secondary N) is 1. The van der Waals surface area contributed by atoms with Crippen molar-refractivity contribution in [2.45, 2.75) is 37.6 Å². The van der Waals surface area contributed by atoms with Gasteiger partial charge in [0.15, 0.2) is 0 Å². The lowest BCUT2D eigenvalue weighted by atomic mass is 9.76. The van der Waals surface area contributed by atoms with Gasteiger partial charge in [-0.05, 0) is 24.5 Å². The van der Waals surface area contributed by atoms with Gasteiger partial charge >= 0.3 is 0 Å². The molecule has 1 aliphatic rings. The zero-order valence-electron chi connectivity index (χ0n) is 11.0. The van der Waals surface area contributed by atoms with Crippen LogP contribution in [0.25, 0.3) is 0 Å². The van der Waals surface area contributed by atoms with Gasteiger partial charge in [0.05, 0.1) is 5.54 Å². The molecule has 98 valence electrons. The van der Waals surface area contributed by atoms with Gasteiger partial charge in [0.1, 0.15) is 0 Å². The Morgan fingerprint density at radius 3 is 2.21 bits per heavy atom. The molecule has 0 saturated heterocycles. The van der Waals surface area contributed by atoms with Crippen LogP contribution in [0.2, 0.25) is 0 Å². The molecule has 0 radical (unpaired) electrons. The molecule has 1 N–H and O–H groups in total. The first-order chi connectivity index (χ1) is 9.39. The number of benzene rings is 1. The van der Waals surface area contributed by atoms with Gasteiger partial charge in [-0.1, -0.05) is 49.6 Å². The van der Waals surface area contributed by atoms with Crippen LogP contribution in [0.15, 0.2) is 48.8 Å². The van der Waals surface area contributed by atoms with E-state index < -0.39 is 0 Å². The number of rotatable bonds is 3. The van der Waals surface area contributed by atoms with Crippen LogP contribution < -0.4 is 5.32 Å². The zero-order chi connectivity index (χ0) is 13.0. The number of anilines is 1. The minimum Gasteiger partial charge on any atom is -0.345 e. The van der Waals surface area contributed by atoms with Gasteiger partial charge in [-0.15, -0.1) is 0 Å². The van der Waals surface area contributed by atoms with Gasteiger partial charge in [-0.25, -0.2) is 9.97 Å². The molecule has 1 aliphatic carbocycles. The van der Waals surface area contributed by atoms with E-state index in [0.29, 0.717) is 0 Å². The van der Waals surface area contributed by atoms with Gasteiger partial charge in [0.25, 0.3) is 0 Å². The van der Waals surface area contributed by atoms with Crippen LogP contribution in [-0.4, -0.2) is 9.97 Å². The molecule has 0 unspecified atom stereocenters. The summed E-state index contributed by atoms with van der Waals surface area (Å²) in [5.74, 6) is 0.730. The maximum atomic E-state index is 4.32. The Hall–Kier alpha value is -1.90. The van der Waals surface area contributed by atoms with E-state index in [9.17, 15) is 0 Å². The van der Waals surface area contributed by atoms with Gasteiger partial charge in [0, 0.05) is 12.4 Å². The molecular weight excluding hydrogens is 234 g/mol. The molecule has 1 fully saturated rings. The van der Waals surface area contributed by atoms with Crippen LogP contribution in [-0.2, 0) is 5.54 Å². The van der Waals surface area contributed by atoms with E-state index >= 15 is 0 Å². The van der Waals surface area contributed by atoms with E-state index in [0.717, 1.165) is 18.8 Å². The maximum Gasteiger partial charge on any atom is 0.223 e. The first kappa shape index (κ1) is 12.2. The lowest BCUT2D eigenvalue weighted by molar-refractivity contribution is 0.329. The predicted octanol–water partition coefficient (Wildman–Crippen LogP) is 3.75. The third-order valence-electron chi connectivity index (χ3n) is 3.95. The first-order valence-corrected chi connectivity index (χ1v) is 7.00. The quantitative estimate of drug-likeness (QED) is 0.905. The molecule has 3 heteroatoms. The normalized spacial score (nSPS) is 17.9. The minimum atomic E-state index is 0.000856. The lowest BCUT2D eigenvalue weighted by Crippen LogP contribution is -2.38. The fourth-order valence-corrected chi connectivity index (χ4v) is 2.98. The molecular formula is C16H19N3. The summed E-state index contributed by atoms with van der Waals surface area (Å²) in [6.45, 7) is 0. The summed E-state index contributed by atoms with van der Waals surface area (Å²) in [7, 11) is 0. The van der Waals surface area contributed by atoms with Crippen molar-refractivity contribution in [1.29, 1.82) is 0 Å². The van der Waals surface area contributed by atoms with Crippen molar-refractivity contribution in [1.82, 2.24) is 9.97 Å². The van der Waals surface area contributed by atoms with Gasteiger partial charge in [0.2, 0.25) is 5.95 Å². The summed E-state index contributed by atoms with van der Waals surface area (Å²) in [6, 6.07) is 12.6. The number of hydrogen-bond acceptors (Lipinski definition) is 3. The van der Waals surface area contributed by atoms with E-state index in [4.69, 9.17) is 0 Å². The van der Waals surface area contributed by atoms with Crippen molar-refractivity contribution in [3.63, 3.8) is 0 Å². The van der Waals surface area contributed by atoms with E-state index in [-0.39, 0.29) is 5.54 Å². The van der Waals surface area contributed by atoms with Gasteiger partial charge < -0.3 is 5.32 Å². The average Bonchev–Trinajstić information content (AvgIpc) is 2.50. The van der Waals surface area contributed by atoms with E-state index in [1.807, 2.05) is 6.07 Å². The van der Waals surface area contributed by atoms with Crippen LogP contribution in [0.4, 0.5) is 5.95 Å². The Labute approximate surface area is 114 Å². The molecule has 0 atom stereocenters. The van der Waals surface area contributed by atoms with Crippen molar-refractivity contribution in [2.24, 2.45) is 0 Å². The largest absolute Gasteiger partial charge is 0.345 e. The van der Waals surface area contributed by atoms with E-state index in [1.54, 1.807) is 12.4 Å². The Kier molecular flexibility index (Phi) is 3.45. The van der Waals surface area contributed by atoms with Gasteiger partial charge in [-0.2, -0.15) is 0 Å². The van der Waals surface area contributed by atoms with Crippen molar-refractivity contribution in [2.75, 3.05) is 5.32 Å². The molecule has 0 amide bonds. The molecule has 19 heavy (non-hydrogen) atoms. The molecule has 2 aromatic rings. The van der Waals surface area contributed by atoms with E-state index in [1.165, 1.54) is 24.8 Å².